The van der Waals surface area contributed by atoms with Gasteiger partial charge in [-0.2, -0.15) is 0 Å². The van der Waals surface area contributed by atoms with E-state index < -0.39 is 18.3 Å². The normalized spacial score (nSPS) is 19.7. The second kappa shape index (κ2) is 5.12. The van der Waals surface area contributed by atoms with Crippen LogP contribution < -0.4 is 10.2 Å². The van der Waals surface area contributed by atoms with Crippen LogP contribution in [0.15, 0.2) is 12.4 Å². The largest absolute Gasteiger partial charge is 0.499 e. The van der Waals surface area contributed by atoms with Gasteiger partial charge in [0.1, 0.15) is 5.75 Å². The molecule has 1 aliphatic rings. The Labute approximate surface area is 121 Å². The van der Waals surface area contributed by atoms with Crippen LogP contribution >= 0.6 is 0 Å². The number of ether oxygens (including phenoxy) is 1. The lowest BCUT2D eigenvalue weighted by Crippen LogP contribution is -2.41. The van der Waals surface area contributed by atoms with Crippen molar-refractivity contribution in [1.82, 2.24) is 4.98 Å². The van der Waals surface area contributed by atoms with E-state index in [1.54, 1.807) is 19.5 Å². The maximum Gasteiger partial charge on any atom is 0.499 e. The van der Waals surface area contributed by atoms with Gasteiger partial charge in [0.25, 0.3) is 0 Å². The molecular weight excluding hydrogens is 253 g/mol. The van der Waals surface area contributed by atoms with Gasteiger partial charge >= 0.3 is 7.12 Å². The molecule has 2 heterocycles. The highest BCUT2D eigenvalue weighted by Crippen LogP contribution is 2.37. The van der Waals surface area contributed by atoms with E-state index in [4.69, 9.17) is 20.5 Å². The molecule has 0 N–H and O–H groups in total. The van der Waals surface area contributed by atoms with Crippen LogP contribution in [0.2, 0.25) is 0 Å². The number of hydrogen-bond donors (Lipinski definition) is 0. The van der Waals surface area contributed by atoms with Crippen LogP contribution in [-0.4, -0.2) is 30.4 Å². The lowest BCUT2D eigenvalue weighted by molar-refractivity contribution is 0.00578. The van der Waals surface area contributed by atoms with Crippen molar-refractivity contribution in [1.29, 1.82) is 0 Å². The van der Waals surface area contributed by atoms with Crippen molar-refractivity contribution >= 4 is 12.6 Å². The zero-order valence-corrected chi connectivity index (χ0v) is 12.7. The average molecular weight is 273 g/mol. The summed E-state index contributed by atoms with van der Waals surface area (Å²) in [6, 6.07) is 0. The number of terminal acetylenes is 1. The van der Waals surface area contributed by atoms with Crippen LogP contribution in [0, 0.1) is 12.3 Å². The first-order valence-corrected chi connectivity index (χ1v) is 6.62. The average Bonchev–Trinajstić information content (AvgIpc) is 2.58. The van der Waals surface area contributed by atoms with Crippen LogP contribution in [0.3, 0.4) is 0 Å². The van der Waals surface area contributed by atoms with Crippen molar-refractivity contribution in [3.63, 3.8) is 0 Å². The van der Waals surface area contributed by atoms with Crippen LogP contribution in [0.4, 0.5) is 0 Å². The number of rotatable bonds is 3. The molecule has 0 unspecified atom stereocenters. The van der Waals surface area contributed by atoms with Gasteiger partial charge in [-0.3, -0.25) is 4.98 Å². The highest BCUT2D eigenvalue weighted by Gasteiger charge is 2.53. The van der Waals surface area contributed by atoms with Gasteiger partial charge in [-0.25, -0.2) is 0 Å². The Kier molecular flexibility index (Phi) is 3.81. The Morgan fingerprint density at radius 1 is 1.25 bits per heavy atom. The molecule has 0 saturated carbocycles. The fourth-order valence-corrected chi connectivity index (χ4v) is 2.13. The monoisotopic (exact) mass is 273 g/mol. The third-order valence-electron chi connectivity index (χ3n) is 4.03. The summed E-state index contributed by atoms with van der Waals surface area (Å²) in [5, 5.41) is 0. The number of aromatic nitrogens is 1. The van der Waals surface area contributed by atoms with Crippen molar-refractivity contribution in [3.05, 3.63) is 18.0 Å². The molecule has 1 aliphatic heterocycles. The summed E-state index contributed by atoms with van der Waals surface area (Å²) in [7, 11) is 1.10. The Morgan fingerprint density at radius 2 is 1.85 bits per heavy atom. The molecule has 0 atom stereocenters. The van der Waals surface area contributed by atoms with Gasteiger partial charge in [0.15, 0.2) is 0 Å². The third-order valence-corrected chi connectivity index (χ3v) is 4.03. The van der Waals surface area contributed by atoms with E-state index in [1.807, 2.05) is 27.7 Å². The van der Waals surface area contributed by atoms with Gasteiger partial charge in [0.05, 0.1) is 24.5 Å². The number of hydrogen-bond acceptors (Lipinski definition) is 4. The first-order valence-electron chi connectivity index (χ1n) is 6.62. The number of nitrogens with zero attached hydrogens (tertiary/aromatic N) is 1. The van der Waals surface area contributed by atoms with Gasteiger partial charge in [-0.1, -0.05) is 0 Å². The summed E-state index contributed by atoms with van der Waals surface area (Å²) in [6.07, 6.45) is 9.28. The molecule has 0 spiro atoms. The van der Waals surface area contributed by atoms with Crippen molar-refractivity contribution < 1.29 is 14.0 Å². The van der Waals surface area contributed by atoms with Crippen molar-refractivity contribution in [3.8, 4) is 18.1 Å². The van der Waals surface area contributed by atoms with Crippen LogP contribution in [-0.2, 0) is 15.7 Å². The van der Waals surface area contributed by atoms with E-state index in [0.717, 1.165) is 11.0 Å². The zero-order chi connectivity index (χ0) is 15.0. The summed E-state index contributed by atoms with van der Waals surface area (Å²) < 4.78 is 17.6. The molecule has 0 aromatic carbocycles. The SMILES string of the molecule is C#CCc1cncc(OC)c1B1OC(C)(C)C(C)(C)O1. The quantitative estimate of drug-likeness (QED) is 0.619. The molecule has 0 bridgehead atoms. The minimum atomic E-state index is -0.499. The fraction of sp³-hybridized carbons (Fsp3) is 0.533. The van der Waals surface area contributed by atoms with E-state index >= 15 is 0 Å². The Bertz CT molecular complexity index is 533. The van der Waals surface area contributed by atoms with E-state index in [0.29, 0.717) is 12.2 Å². The number of methoxy groups -OCH3 is 1. The van der Waals surface area contributed by atoms with Gasteiger partial charge < -0.3 is 14.0 Å². The van der Waals surface area contributed by atoms with Crippen LogP contribution in [0.25, 0.3) is 0 Å². The van der Waals surface area contributed by atoms with Gasteiger partial charge in [-0.15, -0.1) is 12.3 Å². The molecule has 0 aliphatic carbocycles. The summed E-state index contributed by atoms with van der Waals surface area (Å²) in [5.74, 6) is 3.27. The smallest absolute Gasteiger partial charge is 0.495 e. The van der Waals surface area contributed by atoms with Crippen LogP contribution in [0.1, 0.15) is 33.3 Å². The van der Waals surface area contributed by atoms with Crippen molar-refractivity contribution in [2.45, 2.75) is 45.3 Å². The maximum atomic E-state index is 6.08. The molecule has 1 fully saturated rings. The van der Waals surface area contributed by atoms with E-state index in [2.05, 4.69) is 10.9 Å². The van der Waals surface area contributed by atoms with Gasteiger partial charge in [0, 0.05) is 18.1 Å². The predicted octanol–water partition coefficient (Wildman–Crippen LogP) is 1.57. The first kappa shape index (κ1) is 14.9. The third kappa shape index (κ3) is 2.42. The van der Waals surface area contributed by atoms with E-state index in [1.165, 1.54) is 0 Å². The molecule has 106 valence electrons. The fourth-order valence-electron chi connectivity index (χ4n) is 2.13. The van der Waals surface area contributed by atoms with E-state index in [9.17, 15) is 0 Å². The molecule has 0 radical (unpaired) electrons. The lowest BCUT2D eigenvalue weighted by Gasteiger charge is -2.32. The van der Waals surface area contributed by atoms with Gasteiger partial charge in [0.2, 0.25) is 0 Å². The number of pyridine rings is 1. The minimum absolute atomic E-state index is 0.403. The first-order chi connectivity index (χ1) is 9.32. The lowest BCUT2D eigenvalue weighted by atomic mass is 9.75. The second-order valence-electron chi connectivity index (χ2n) is 5.88. The maximum absolute atomic E-state index is 6.08. The van der Waals surface area contributed by atoms with Crippen LogP contribution in [0.5, 0.6) is 5.75 Å². The van der Waals surface area contributed by atoms with Crippen molar-refractivity contribution in [2.24, 2.45) is 0 Å². The Hall–Kier alpha value is -1.51. The Balaban J connectivity index is 2.46. The summed E-state index contributed by atoms with van der Waals surface area (Å²) >= 11 is 0. The topological polar surface area (TPSA) is 40.6 Å². The predicted molar refractivity (Wildman–Crippen MR) is 79.0 cm³/mol. The van der Waals surface area contributed by atoms with Gasteiger partial charge in [-0.05, 0) is 33.3 Å². The summed E-state index contributed by atoms with van der Waals surface area (Å²) in [6.45, 7) is 8.06. The Morgan fingerprint density at radius 3 is 2.35 bits per heavy atom. The molecular formula is C15H20BNO3. The minimum Gasteiger partial charge on any atom is -0.495 e. The summed E-state index contributed by atoms with van der Waals surface area (Å²) in [5.41, 5.74) is 0.920. The summed E-state index contributed by atoms with van der Waals surface area (Å²) in [4.78, 5) is 4.15. The molecule has 20 heavy (non-hydrogen) atoms. The standard InChI is InChI=1S/C15H20BNO3/c1-7-8-11-9-17-10-12(18-6)13(11)16-19-14(2,3)15(4,5)20-16/h1,9-10H,8H2,2-6H3. The second-order valence-corrected chi connectivity index (χ2v) is 5.88. The molecule has 1 aromatic rings. The van der Waals surface area contributed by atoms with Crippen molar-refractivity contribution in [2.75, 3.05) is 7.11 Å². The molecule has 0 amide bonds. The zero-order valence-electron chi connectivity index (χ0n) is 12.7. The molecule has 1 saturated heterocycles. The highest BCUT2D eigenvalue weighted by atomic mass is 16.7. The molecule has 5 heteroatoms. The highest BCUT2D eigenvalue weighted by molar-refractivity contribution is 6.63. The molecule has 4 nitrogen and oxygen atoms in total. The van der Waals surface area contributed by atoms with E-state index in [-0.39, 0.29) is 0 Å². The molecule has 1 aromatic heterocycles. The molecule has 2 rings (SSSR count).